The molecule has 1 unspecified atom stereocenters. The summed E-state index contributed by atoms with van der Waals surface area (Å²) in [5, 5.41) is 9.61. The molecule has 154 valence electrons. The summed E-state index contributed by atoms with van der Waals surface area (Å²) in [7, 11) is 1.66. The monoisotopic (exact) mass is 389 g/mol. The third-order valence-corrected chi connectivity index (χ3v) is 4.47. The van der Waals surface area contributed by atoms with E-state index in [2.05, 4.69) is 18.7 Å². The average Bonchev–Trinajstić information content (AvgIpc) is 2.69. The maximum absolute atomic E-state index is 12.3. The Balaban J connectivity index is 0.000000892. The lowest BCUT2D eigenvalue weighted by Gasteiger charge is -2.18. The molecule has 0 spiro atoms. The van der Waals surface area contributed by atoms with Gasteiger partial charge in [-0.3, -0.25) is 9.59 Å². The van der Waals surface area contributed by atoms with Gasteiger partial charge in [0.25, 0.3) is 5.97 Å². The summed E-state index contributed by atoms with van der Waals surface area (Å²) in [6.07, 6.45) is 0. The van der Waals surface area contributed by atoms with Crippen LogP contribution in [0.2, 0.25) is 0 Å². The van der Waals surface area contributed by atoms with Crippen molar-refractivity contribution in [2.75, 3.05) is 33.4 Å². The summed E-state index contributed by atoms with van der Waals surface area (Å²) in [5.74, 6) is -0.442. The summed E-state index contributed by atoms with van der Waals surface area (Å²) in [5.41, 5.74) is 0.973. The van der Waals surface area contributed by atoms with Crippen molar-refractivity contribution >= 4 is 22.7 Å². The number of rotatable bonds is 8. The molecule has 6 heteroatoms. The molecule has 6 nitrogen and oxygen atoms in total. The maximum atomic E-state index is 12.3. The van der Waals surface area contributed by atoms with Crippen LogP contribution in [0.3, 0.4) is 0 Å². The SMILES string of the molecule is CC(=O)O.CCN(CC)CCOC(=O)C(C)c1ccc2cc(OC)ccc2c1. The van der Waals surface area contributed by atoms with Crippen LogP contribution in [0.1, 0.15) is 39.2 Å². The van der Waals surface area contributed by atoms with E-state index >= 15 is 0 Å². The summed E-state index contributed by atoms with van der Waals surface area (Å²) < 4.78 is 10.7. The number of hydrogen-bond donors (Lipinski definition) is 1. The van der Waals surface area contributed by atoms with Crippen molar-refractivity contribution in [3.63, 3.8) is 0 Å². The Bertz CT molecular complexity index is 767. The molecule has 0 fully saturated rings. The first-order valence-corrected chi connectivity index (χ1v) is 9.48. The molecule has 0 heterocycles. The molecule has 0 amide bonds. The van der Waals surface area contributed by atoms with Gasteiger partial charge < -0.3 is 19.5 Å². The molecule has 0 bridgehead atoms. The molecule has 1 N–H and O–H groups in total. The molecule has 0 saturated carbocycles. The number of carbonyl (C=O) groups excluding carboxylic acids is 1. The standard InChI is InChI=1S/C20H27NO3.C2H4O2/c1-5-21(6-2)11-12-24-20(22)15(3)16-7-8-18-14-19(23-4)10-9-17(18)13-16;1-2(3)4/h7-10,13-15H,5-6,11-12H2,1-4H3;1H3,(H,3,4). The van der Waals surface area contributed by atoms with E-state index in [-0.39, 0.29) is 11.9 Å². The first-order chi connectivity index (χ1) is 13.3. The number of aliphatic carboxylic acids is 1. The minimum atomic E-state index is -0.833. The minimum absolute atomic E-state index is 0.171. The normalized spacial score (nSPS) is 11.5. The van der Waals surface area contributed by atoms with Crippen molar-refractivity contribution in [2.45, 2.75) is 33.6 Å². The number of hydrogen-bond acceptors (Lipinski definition) is 5. The zero-order valence-electron chi connectivity index (χ0n) is 17.4. The molecule has 0 radical (unpaired) electrons. The van der Waals surface area contributed by atoms with Crippen LogP contribution in [0, 0.1) is 0 Å². The molecule has 2 aromatic rings. The Hall–Kier alpha value is -2.60. The lowest BCUT2D eigenvalue weighted by Crippen LogP contribution is -2.28. The first-order valence-electron chi connectivity index (χ1n) is 9.48. The highest BCUT2D eigenvalue weighted by Crippen LogP contribution is 2.25. The lowest BCUT2D eigenvalue weighted by atomic mass is 9.98. The van der Waals surface area contributed by atoms with E-state index in [0.717, 1.165) is 48.6 Å². The van der Waals surface area contributed by atoms with Crippen LogP contribution in [-0.2, 0) is 14.3 Å². The van der Waals surface area contributed by atoms with E-state index in [1.165, 1.54) is 0 Å². The molecule has 0 saturated heterocycles. The lowest BCUT2D eigenvalue weighted by molar-refractivity contribution is -0.145. The van der Waals surface area contributed by atoms with Gasteiger partial charge in [-0.1, -0.05) is 38.1 Å². The smallest absolute Gasteiger partial charge is 0.313 e. The summed E-state index contributed by atoms with van der Waals surface area (Å²) in [6, 6.07) is 12.0. The second-order valence-electron chi connectivity index (χ2n) is 6.41. The van der Waals surface area contributed by atoms with Crippen molar-refractivity contribution in [2.24, 2.45) is 0 Å². The number of benzene rings is 2. The third kappa shape index (κ3) is 7.56. The zero-order chi connectivity index (χ0) is 21.1. The minimum Gasteiger partial charge on any atom is -0.497 e. The first kappa shape index (κ1) is 23.4. The molecule has 0 aliphatic rings. The average molecular weight is 389 g/mol. The van der Waals surface area contributed by atoms with Crippen LogP contribution in [0.25, 0.3) is 10.8 Å². The Labute approximate surface area is 167 Å². The van der Waals surface area contributed by atoms with Crippen molar-refractivity contribution in [1.29, 1.82) is 0 Å². The van der Waals surface area contributed by atoms with Gasteiger partial charge >= 0.3 is 5.97 Å². The third-order valence-electron chi connectivity index (χ3n) is 4.47. The van der Waals surface area contributed by atoms with Gasteiger partial charge in [-0.15, -0.1) is 0 Å². The summed E-state index contributed by atoms with van der Waals surface area (Å²) >= 11 is 0. The largest absolute Gasteiger partial charge is 0.497 e. The van der Waals surface area contributed by atoms with Crippen LogP contribution in [0.15, 0.2) is 36.4 Å². The van der Waals surface area contributed by atoms with E-state index in [0.29, 0.717) is 6.61 Å². The van der Waals surface area contributed by atoms with E-state index in [9.17, 15) is 4.79 Å². The number of ether oxygens (including phenoxy) is 2. The molecule has 0 aromatic heterocycles. The number of methoxy groups -OCH3 is 1. The molecular formula is C22H31NO5. The van der Waals surface area contributed by atoms with E-state index < -0.39 is 5.97 Å². The molecule has 0 aliphatic carbocycles. The second-order valence-corrected chi connectivity index (χ2v) is 6.41. The van der Waals surface area contributed by atoms with Crippen molar-refractivity contribution in [1.82, 2.24) is 4.90 Å². The molecule has 2 aromatic carbocycles. The zero-order valence-corrected chi connectivity index (χ0v) is 17.4. The maximum Gasteiger partial charge on any atom is 0.313 e. The number of carboxylic acid groups (broad SMARTS) is 1. The predicted molar refractivity (Wildman–Crippen MR) is 111 cm³/mol. The molecule has 0 aliphatic heterocycles. The second kappa shape index (κ2) is 12.0. The fraction of sp³-hybridized carbons (Fsp3) is 0.455. The van der Waals surface area contributed by atoms with Gasteiger partial charge in [-0.05, 0) is 48.5 Å². The fourth-order valence-corrected chi connectivity index (χ4v) is 2.71. The van der Waals surface area contributed by atoms with Gasteiger partial charge in [-0.2, -0.15) is 0 Å². The highest BCUT2D eigenvalue weighted by atomic mass is 16.5. The van der Waals surface area contributed by atoms with Crippen molar-refractivity contribution < 1.29 is 24.2 Å². The van der Waals surface area contributed by atoms with Crippen LogP contribution in [-0.4, -0.2) is 55.3 Å². The van der Waals surface area contributed by atoms with Crippen LogP contribution >= 0.6 is 0 Å². The van der Waals surface area contributed by atoms with Gasteiger partial charge in [0.1, 0.15) is 12.4 Å². The number of esters is 1. The summed E-state index contributed by atoms with van der Waals surface area (Å²) in [6.45, 7) is 10.4. The van der Waals surface area contributed by atoms with Crippen molar-refractivity contribution in [3.05, 3.63) is 42.0 Å². The molecule has 1 atom stereocenters. The van der Waals surface area contributed by atoms with Gasteiger partial charge in [0.15, 0.2) is 0 Å². The Kier molecular flexibility index (Phi) is 10.0. The number of carboxylic acids is 1. The van der Waals surface area contributed by atoms with Gasteiger partial charge in [0.05, 0.1) is 13.0 Å². The number of fused-ring (bicyclic) bond motifs is 1. The van der Waals surface area contributed by atoms with E-state index in [1.54, 1.807) is 7.11 Å². The predicted octanol–water partition coefficient (Wildman–Crippen LogP) is 3.93. The van der Waals surface area contributed by atoms with Gasteiger partial charge in [0.2, 0.25) is 0 Å². The van der Waals surface area contributed by atoms with Crippen LogP contribution < -0.4 is 4.74 Å². The number of likely N-dealkylation sites (N-methyl/N-ethyl adjacent to an activating group) is 1. The number of nitrogens with zero attached hydrogens (tertiary/aromatic N) is 1. The quantitative estimate of drug-likeness (QED) is 0.690. The van der Waals surface area contributed by atoms with Gasteiger partial charge in [-0.25, -0.2) is 0 Å². The van der Waals surface area contributed by atoms with Crippen LogP contribution in [0.5, 0.6) is 5.75 Å². The molecular weight excluding hydrogens is 358 g/mol. The fourth-order valence-electron chi connectivity index (χ4n) is 2.71. The van der Waals surface area contributed by atoms with Gasteiger partial charge in [0, 0.05) is 13.5 Å². The highest BCUT2D eigenvalue weighted by molar-refractivity contribution is 5.86. The Morgan fingerprint density at radius 1 is 1.07 bits per heavy atom. The van der Waals surface area contributed by atoms with E-state index in [1.807, 2.05) is 43.3 Å². The molecule has 2 rings (SSSR count). The number of carbonyl (C=O) groups is 2. The van der Waals surface area contributed by atoms with E-state index in [4.69, 9.17) is 19.4 Å². The Morgan fingerprint density at radius 2 is 1.64 bits per heavy atom. The topological polar surface area (TPSA) is 76.1 Å². The van der Waals surface area contributed by atoms with Crippen LogP contribution in [0.4, 0.5) is 0 Å². The Morgan fingerprint density at radius 3 is 2.21 bits per heavy atom. The highest BCUT2D eigenvalue weighted by Gasteiger charge is 2.17. The molecule has 28 heavy (non-hydrogen) atoms. The summed E-state index contributed by atoms with van der Waals surface area (Å²) in [4.78, 5) is 23.5. The van der Waals surface area contributed by atoms with Crippen molar-refractivity contribution in [3.8, 4) is 5.75 Å².